The molecule has 31 heavy (non-hydrogen) atoms. The molecule has 0 bridgehead atoms. The van der Waals surface area contributed by atoms with Crippen LogP contribution in [0.4, 0.5) is 11.4 Å². The van der Waals surface area contributed by atoms with Gasteiger partial charge in [0.2, 0.25) is 0 Å². The molecular weight excluding hydrogens is 412 g/mol. The number of methoxy groups -OCH3 is 1. The van der Waals surface area contributed by atoms with E-state index in [1.807, 2.05) is 32.0 Å². The molecule has 0 aliphatic rings. The Balaban J connectivity index is 1.80. The molecule has 0 aliphatic carbocycles. The monoisotopic (exact) mass is 438 g/mol. The number of benzene rings is 3. The first-order chi connectivity index (χ1) is 14.7. The minimum atomic E-state index is -3.76. The topological polar surface area (TPSA) is 84.5 Å². The van der Waals surface area contributed by atoms with Gasteiger partial charge in [0.15, 0.2) is 0 Å². The number of para-hydroxylation sites is 1. The number of ether oxygens (including phenoxy) is 1. The molecule has 3 aromatic carbocycles. The highest BCUT2D eigenvalue weighted by atomic mass is 32.2. The van der Waals surface area contributed by atoms with Gasteiger partial charge in [-0.15, -0.1) is 0 Å². The second kappa shape index (κ2) is 9.22. The number of hydrogen-bond acceptors (Lipinski definition) is 4. The van der Waals surface area contributed by atoms with E-state index < -0.39 is 10.0 Å². The van der Waals surface area contributed by atoms with Crippen molar-refractivity contribution in [1.82, 2.24) is 0 Å². The van der Waals surface area contributed by atoms with Gasteiger partial charge in [-0.2, -0.15) is 0 Å². The molecule has 0 saturated heterocycles. The van der Waals surface area contributed by atoms with E-state index in [0.717, 1.165) is 23.2 Å². The fourth-order valence-electron chi connectivity index (χ4n) is 3.27. The zero-order valence-corrected chi connectivity index (χ0v) is 18.8. The van der Waals surface area contributed by atoms with Crippen molar-refractivity contribution in [3.63, 3.8) is 0 Å². The smallest absolute Gasteiger partial charge is 0.261 e. The van der Waals surface area contributed by atoms with Gasteiger partial charge in [-0.3, -0.25) is 9.52 Å². The van der Waals surface area contributed by atoms with E-state index in [-0.39, 0.29) is 10.8 Å². The first-order valence-electron chi connectivity index (χ1n) is 9.92. The number of anilines is 2. The second-order valence-corrected chi connectivity index (χ2v) is 8.91. The number of nitrogens with one attached hydrogen (secondary N) is 2. The highest BCUT2D eigenvalue weighted by molar-refractivity contribution is 7.92. The average Bonchev–Trinajstić information content (AvgIpc) is 2.76. The fraction of sp³-hybridized carbons (Fsp3) is 0.208. The predicted octanol–water partition coefficient (Wildman–Crippen LogP) is 4.93. The van der Waals surface area contributed by atoms with E-state index in [4.69, 9.17) is 4.74 Å². The molecule has 3 rings (SSSR count). The molecule has 0 atom stereocenters. The van der Waals surface area contributed by atoms with Gasteiger partial charge in [0.05, 0.1) is 17.7 Å². The van der Waals surface area contributed by atoms with Gasteiger partial charge in [-0.1, -0.05) is 25.1 Å². The Morgan fingerprint density at radius 2 is 1.68 bits per heavy atom. The molecule has 6 nitrogen and oxygen atoms in total. The SMILES string of the molecule is CCc1cccc(C)c1NC(=O)c1ccc(NS(=O)(=O)c2ccc(OC)cc2)c(C)c1. The number of sulfonamides is 1. The normalized spacial score (nSPS) is 11.1. The van der Waals surface area contributed by atoms with E-state index >= 15 is 0 Å². The maximum absolute atomic E-state index is 12.8. The number of amides is 1. The molecular formula is C24H26N2O4S. The highest BCUT2D eigenvalue weighted by Gasteiger charge is 2.17. The lowest BCUT2D eigenvalue weighted by Gasteiger charge is -2.15. The number of rotatable bonds is 7. The third-order valence-electron chi connectivity index (χ3n) is 5.08. The summed E-state index contributed by atoms with van der Waals surface area (Å²) in [6, 6.07) is 16.9. The van der Waals surface area contributed by atoms with Crippen LogP contribution in [0.2, 0.25) is 0 Å². The molecule has 0 heterocycles. The van der Waals surface area contributed by atoms with Crippen LogP contribution in [-0.4, -0.2) is 21.4 Å². The van der Waals surface area contributed by atoms with Crippen LogP contribution in [0.5, 0.6) is 5.75 Å². The summed E-state index contributed by atoms with van der Waals surface area (Å²) in [6.45, 7) is 5.75. The molecule has 7 heteroatoms. The van der Waals surface area contributed by atoms with E-state index in [1.165, 1.54) is 19.2 Å². The minimum absolute atomic E-state index is 0.126. The average molecular weight is 439 g/mol. The van der Waals surface area contributed by atoms with Crippen LogP contribution >= 0.6 is 0 Å². The number of carbonyl (C=O) groups excluding carboxylic acids is 1. The summed E-state index contributed by atoms with van der Waals surface area (Å²) in [5.74, 6) is 0.335. The Labute approximate surface area is 183 Å². The summed E-state index contributed by atoms with van der Waals surface area (Å²) >= 11 is 0. The second-order valence-electron chi connectivity index (χ2n) is 7.23. The highest BCUT2D eigenvalue weighted by Crippen LogP contribution is 2.25. The third-order valence-corrected chi connectivity index (χ3v) is 6.46. The van der Waals surface area contributed by atoms with Gasteiger partial charge in [0.25, 0.3) is 15.9 Å². The standard InChI is InChI=1S/C24H26N2O4S/c1-5-18-8-6-7-16(2)23(18)25-24(27)19-9-14-22(17(3)15-19)26-31(28,29)21-12-10-20(30-4)11-13-21/h6-15,26H,5H2,1-4H3,(H,25,27). The summed E-state index contributed by atoms with van der Waals surface area (Å²) < 4.78 is 33.0. The summed E-state index contributed by atoms with van der Waals surface area (Å²) in [7, 11) is -2.24. The minimum Gasteiger partial charge on any atom is -0.497 e. The van der Waals surface area contributed by atoms with Crippen molar-refractivity contribution in [2.24, 2.45) is 0 Å². The summed E-state index contributed by atoms with van der Waals surface area (Å²) in [6.07, 6.45) is 0.808. The molecule has 3 aromatic rings. The number of carbonyl (C=O) groups is 1. The van der Waals surface area contributed by atoms with Gasteiger partial charge in [-0.05, 0) is 79.4 Å². The van der Waals surface area contributed by atoms with E-state index in [2.05, 4.69) is 10.0 Å². The molecule has 0 saturated carbocycles. The van der Waals surface area contributed by atoms with Crippen molar-refractivity contribution in [1.29, 1.82) is 0 Å². The van der Waals surface area contributed by atoms with Crippen LogP contribution in [0.15, 0.2) is 65.6 Å². The molecule has 2 N–H and O–H groups in total. The first kappa shape index (κ1) is 22.4. The summed E-state index contributed by atoms with van der Waals surface area (Å²) in [4.78, 5) is 12.9. The van der Waals surface area contributed by atoms with Crippen molar-refractivity contribution < 1.29 is 17.9 Å². The largest absolute Gasteiger partial charge is 0.497 e. The Morgan fingerprint density at radius 1 is 0.968 bits per heavy atom. The quantitative estimate of drug-likeness (QED) is 0.548. The maximum atomic E-state index is 12.8. The summed E-state index contributed by atoms with van der Waals surface area (Å²) in [5.41, 5.74) is 4.39. The van der Waals surface area contributed by atoms with E-state index in [9.17, 15) is 13.2 Å². The molecule has 0 aromatic heterocycles. The molecule has 0 spiro atoms. The molecule has 1 amide bonds. The molecule has 0 fully saturated rings. The summed E-state index contributed by atoms with van der Waals surface area (Å²) in [5, 5.41) is 2.99. The predicted molar refractivity (Wildman–Crippen MR) is 123 cm³/mol. The molecule has 0 unspecified atom stereocenters. The van der Waals surface area contributed by atoms with Crippen LogP contribution in [-0.2, 0) is 16.4 Å². The lowest BCUT2D eigenvalue weighted by atomic mass is 10.0. The van der Waals surface area contributed by atoms with Crippen molar-refractivity contribution in [2.45, 2.75) is 32.1 Å². The Kier molecular flexibility index (Phi) is 6.65. The maximum Gasteiger partial charge on any atom is 0.261 e. The number of aryl methyl sites for hydroxylation is 3. The van der Waals surface area contributed by atoms with Crippen LogP contribution in [0.25, 0.3) is 0 Å². The Morgan fingerprint density at radius 3 is 2.29 bits per heavy atom. The Hall–Kier alpha value is -3.32. The van der Waals surface area contributed by atoms with Gasteiger partial charge in [0.1, 0.15) is 5.75 Å². The Bertz CT molecular complexity index is 1200. The van der Waals surface area contributed by atoms with Crippen LogP contribution in [0.1, 0.15) is 34.0 Å². The number of hydrogen-bond donors (Lipinski definition) is 2. The van der Waals surface area contributed by atoms with Gasteiger partial charge in [-0.25, -0.2) is 8.42 Å². The van der Waals surface area contributed by atoms with E-state index in [1.54, 1.807) is 37.3 Å². The van der Waals surface area contributed by atoms with Gasteiger partial charge in [0, 0.05) is 11.3 Å². The lowest BCUT2D eigenvalue weighted by molar-refractivity contribution is 0.102. The van der Waals surface area contributed by atoms with Crippen molar-refractivity contribution in [3.05, 3.63) is 82.9 Å². The van der Waals surface area contributed by atoms with E-state index in [0.29, 0.717) is 22.6 Å². The van der Waals surface area contributed by atoms with Crippen LogP contribution in [0, 0.1) is 13.8 Å². The fourth-order valence-corrected chi connectivity index (χ4v) is 4.40. The van der Waals surface area contributed by atoms with Crippen LogP contribution < -0.4 is 14.8 Å². The third kappa shape index (κ3) is 5.06. The first-order valence-corrected chi connectivity index (χ1v) is 11.4. The zero-order chi connectivity index (χ0) is 22.6. The van der Waals surface area contributed by atoms with Crippen molar-refractivity contribution >= 4 is 27.3 Å². The van der Waals surface area contributed by atoms with Crippen molar-refractivity contribution in [3.8, 4) is 5.75 Å². The van der Waals surface area contributed by atoms with Crippen LogP contribution in [0.3, 0.4) is 0 Å². The lowest BCUT2D eigenvalue weighted by Crippen LogP contribution is -2.16. The molecule has 0 aliphatic heterocycles. The molecule has 162 valence electrons. The zero-order valence-electron chi connectivity index (χ0n) is 18.0. The van der Waals surface area contributed by atoms with Gasteiger partial charge < -0.3 is 10.1 Å². The van der Waals surface area contributed by atoms with Gasteiger partial charge >= 0.3 is 0 Å². The molecule has 0 radical (unpaired) electrons. The van der Waals surface area contributed by atoms with Crippen molar-refractivity contribution in [2.75, 3.05) is 17.1 Å².